The monoisotopic (exact) mass is 665 g/mol. The standard InChI is InChI=1S/C20H14N4.C5H9NO.2C5H11N.C4H10N2/c1-2-14-10-16-5-6-18(23-16)12-20-8-7-19(24-20)11-17-4-3-15(22-17)9-13(1)21-14;7-5-3-1-2-4-6-5;2*1-2-4-6-5-3-1;1-2-6-4-3-5-1/h1-12,21,24H;1-4H2,(H,6,7);2*6H,1-5H2;5-6H,1-4H2. The first kappa shape index (κ1) is 36.2. The van der Waals surface area contributed by atoms with Crippen molar-refractivity contribution in [2.75, 3.05) is 58.9 Å². The molecule has 0 unspecified atom stereocenters. The van der Waals surface area contributed by atoms with Gasteiger partial charge in [-0.1, -0.05) is 12.8 Å². The number of rotatable bonds is 0. The van der Waals surface area contributed by atoms with E-state index in [4.69, 9.17) is 0 Å². The number of carbonyl (C=O) groups is 1. The van der Waals surface area contributed by atoms with E-state index in [2.05, 4.69) is 70.8 Å². The molecule has 9 rings (SSSR count). The van der Waals surface area contributed by atoms with E-state index in [1.54, 1.807) is 0 Å². The largest absolute Gasteiger partial charge is 0.356 e. The Labute approximate surface area is 291 Å². The van der Waals surface area contributed by atoms with Crippen molar-refractivity contribution >= 4 is 52.3 Å². The van der Waals surface area contributed by atoms with E-state index in [1.807, 2.05) is 48.6 Å². The van der Waals surface area contributed by atoms with Gasteiger partial charge in [-0.2, -0.15) is 0 Å². The molecule has 49 heavy (non-hydrogen) atoms. The number of nitrogens with one attached hydrogen (secondary N) is 7. The van der Waals surface area contributed by atoms with Crippen LogP contribution in [0.1, 0.15) is 80.6 Å². The maximum atomic E-state index is 10.4. The van der Waals surface area contributed by atoms with Gasteiger partial charge in [-0.25, -0.2) is 9.97 Å². The van der Waals surface area contributed by atoms with Gasteiger partial charge in [0.2, 0.25) is 5.91 Å². The average molecular weight is 666 g/mol. The highest BCUT2D eigenvalue weighted by Crippen LogP contribution is 2.17. The zero-order valence-electron chi connectivity index (χ0n) is 29.0. The fourth-order valence-electron chi connectivity index (χ4n) is 5.88. The topological polar surface area (TPSA) is 135 Å². The van der Waals surface area contributed by atoms with Gasteiger partial charge < -0.3 is 36.6 Å². The Morgan fingerprint density at radius 1 is 0.408 bits per heavy atom. The highest BCUT2D eigenvalue weighted by molar-refractivity contribution is 5.77. The van der Waals surface area contributed by atoms with Crippen LogP contribution in [0, 0.1) is 0 Å². The molecule has 6 aliphatic heterocycles. The summed E-state index contributed by atoms with van der Waals surface area (Å²) >= 11 is 0. The molecule has 10 nitrogen and oxygen atoms in total. The predicted molar refractivity (Wildman–Crippen MR) is 205 cm³/mol. The van der Waals surface area contributed by atoms with Gasteiger partial charge in [-0.05, 0) is 138 Å². The van der Waals surface area contributed by atoms with Gasteiger partial charge in [-0.3, -0.25) is 4.79 Å². The minimum Gasteiger partial charge on any atom is -0.356 e. The van der Waals surface area contributed by atoms with Gasteiger partial charge in [0, 0.05) is 61.2 Å². The molecule has 0 spiro atoms. The number of hydrogen-bond donors (Lipinski definition) is 7. The first-order valence-electron chi connectivity index (χ1n) is 18.3. The Hall–Kier alpha value is -4.09. The van der Waals surface area contributed by atoms with Crippen LogP contribution < -0.4 is 26.6 Å². The summed E-state index contributed by atoms with van der Waals surface area (Å²) in [6.07, 6.45) is 19.5. The van der Waals surface area contributed by atoms with E-state index in [0.717, 1.165) is 96.8 Å². The molecule has 8 bridgehead atoms. The molecule has 1 amide bonds. The van der Waals surface area contributed by atoms with Crippen molar-refractivity contribution in [1.29, 1.82) is 0 Å². The third kappa shape index (κ3) is 14.1. The summed E-state index contributed by atoms with van der Waals surface area (Å²) in [6.45, 7) is 10.4. The van der Waals surface area contributed by atoms with Crippen molar-refractivity contribution in [3.8, 4) is 0 Å². The van der Waals surface area contributed by atoms with E-state index >= 15 is 0 Å². The second kappa shape index (κ2) is 21.1. The summed E-state index contributed by atoms with van der Waals surface area (Å²) in [6, 6.07) is 16.4. The molecule has 3 aromatic heterocycles. The molecule has 0 aliphatic carbocycles. The predicted octanol–water partition coefficient (Wildman–Crippen LogP) is 5.64. The van der Waals surface area contributed by atoms with Gasteiger partial charge in [0.05, 0.1) is 22.8 Å². The number of carbonyl (C=O) groups excluding carboxylic acids is 1. The fraction of sp³-hybridized carbons (Fsp3) is 0.462. The van der Waals surface area contributed by atoms with E-state index < -0.39 is 0 Å². The number of piperazine rings is 1. The lowest BCUT2D eigenvalue weighted by atomic mass is 10.2. The molecule has 262 valence electrons. The molecule has 7 N–H and O–H groups in total. The number of amides is 1. The molecular formula is C39H55N9O. The van der Waals surface area contributed by atoms with Crippen LogP contribution in [-0.4, -0.2) is 84.7 Å². The molecule has 4 saturated heterocycles. The van der Waals surface area contributed by atoms with Crippen LogP contribution in [0.4, 0.5) is 0 Å². The van der Waals surface area contributed by atoms with E-state index in [1.165, 1.54) is 64.7 Å². The van der Waals surface area contributed by atoms with Crippen LogP contribution in [-0.2, 0) is 4.79 Å². The van der Waals surface area contributed by atoms with Crippen LogP contribution in [0.15, 0.2) is 48.5 Å². The third-order valence-corrected chi connectivity index (χ3v) is 8.57. The SMILES string of the molecule is C1=Cc2cc3ccc(cc4nc(cc5ccc(cc1n2)[nH]5)C=C4)[nH]3.C1CCNCC1.C1CCNCC1.C1CNCCN1.O=C1CCCCN1. The molecule has 0 aromatic carbocycles. The normalized spacial score (nSPS) is 18.1. The lowest BCUT2D eigenvalue weighted by molar-refractivity contribution is -0.122. The summed E-state index contributed by atoms with van der Waals surface area (Å²) in [4.78, 5) is 26.4. The van der Waals surface area contributed by atoms with Gasteiger partial charge in [0.1, 0.15) is 0 Å². The Morgan fingerprint density at radius 2 is 0.755 bits per heavy atom. The second-order valence-electron chi connectivity index (χ2n) is 12.8. The van der Waals surface area contributed by atoms with Crippen LogP contribution in [0.2, 0.25) is 0 Å². The number of aromatic amines is 2. The number of nitrogens with zero attached hydrogens (tertiary/aromatic N) is 2. The second-order valence-corrected chi connectivity index (χ2v) is 12.8. The first-order chi connectivity index (χ1) is 24.2. The summed E-state index contributed by atoms with van der Waals surface area (Å²) in [7, 11) is 0. The molecule has 6 aliphatic rings. The molecule has 3 aromatic rings. The van der Waals surface area contributed by atoms with Crippen molar-refractivity contribution < 1.29 is 4.79 Å². The van der Waals surface area contributed by atoms with Gasteiger partial charge in [0.25, 0.3) is 0 Å². The van der Waals surface area contributed by atoms with Crippen molar-refractivity contribution in [2.24, 2.45) is 0 Å². The average Bonchev–Trinajstić information content (AvgIpc) is 3.99. The smallest absolute Gasteiger partial charge is 0.219 e. The maximum Gasteiger partial charge on any atom is 0.219 e. The minimum atomic E-state index is 0.214. The van der Waals surface area contributed by atoms with Crippen molar-refractivity contribution in [2.45, 2.75) is 57.8 Å². The summed E-state index contributed by atoms with van der Waals surface area (Å²) < 4.78 is 0. The van der Waals surface area contributed by atoms with Crippen LogP contribution in [0.5, 0.6) is 0 Å². The summed E-state index contributed by atoms with van der Waals surface area (Å²) in [5.74, 6) is 0.214. The maximum absolute atomic E-state index is 10.4. The summed E-state index contributed by atoms with van der Waals surface area (Å²) in [5, 5.41) is 15.8. The van der Waals surface area contributed by atoms with E-state index in [-0.39, 0.29) is 5.91 Å². The van der Waals surface area contributed by atoms with Crippen molar-refractivity contribution in [1.82, 2.24) is 46.5 Å². The summed E-state index contributed by atoms with van der Waals surface area (Å²) in [5.41, 5.74) is 7.86. The molecule has 4 fully saturated rings. The molecule has 10 heteroatoms. The van der Waals surface area contributed by atoms with E-state index in [0.29, 0.717) is 0 Å². The van der Waals surface area contributed by atoms with E-state index in [9.17, 15) is 4.79 Å². The molecular weight excluding hydrogens is 610 g/mol. The van der Waals surface area contributed by atoms with Gasteiger partial charge in [-0.15, -0.1) is 0 Å². The van der Waals surface area contributed by atoms with Crippen molar-refractivity contribution in [3.63, 3.8) is 0 Å². The number of hydrogen-bond acceptors (Lipinski definition) is 7. The third-order valence-electron chi connectivity index (χ3n) is 8.57. The number of fused-ring (bicyclic) bond motifs is 8. The highest BCUT2D eigenvalue weighted by Gasteiger charge is 2.04. The molecule has 0 atom stereocenters. The minimum absolute atomic E-state index is 0.214. The molecule has 9 heterocycles. The highest BCUT2D eigenvalue weighted by atomic mass is 16.1. The Kier molecular flexibility index (Phi) is 15.6. The Morgan fingerprint density at radius 3 is 0.980 bits per heavy atom. The van der Waals surface area contributed by atoms with Crippen LogP contribution in [0.3, 0.4) is 0 Å². The molecule has 0 radical (unpaired) electrons. The zero-order valence-corrected chi connectivity index (χ0v) is 29.0. The van der Waals surface area contributed by atoms with Crippen molar-refractivity contribution in [3.05, 3.63) is 71.3 Å². The number of H-pyrrole nitrogens is 2. The zero-order chi connectivity index (χ0) is 33.8. The lowest BCUT2D eigenvalue weighted by Gasteiger charge is -2.11. The quantitative estimate of drug-likeness (QED) is 0.114. The lowest BCUT2D eigenvalue weighted by Crippen LogP contribution is -2.39. The molecule has 0 saturated carbocycles. The number of piperidine rings is 3. The Bertz CT molecular complexity index is 1400. The van der Waals surface area contributed by atoms with Crippen LogP contribution in [0.25, 0.3) is 46.4 Å². The Balaban J connectivity index is 0.000000151. The van der Waals surface area contributed by atoms with Gasteiger partial charge in [0.15, 0.2) is 0 Å². The van der Waals surface area contributed by atoms with Gasteiger partial charge >= 0.3 is 0 Å². The first-order valence-corrected chi connectivity index (χ1v) is 18.3. The van der Waals surface area contributed by atoms with Crippen LogP contribution >= 0.6 is 0 Å². The fourth-order valence-corrected chi connectivity index (χ4v) is 5.88. The number of aromatic nitrogens is 4.